The van der Waals surface area contributed by atoms with Crippen molar-refractivity contribution in [2.45, 2.75) is 26.4 Å². The van der Waals surface area contributed by atoms with Gasteiger partial charge >= 0.3 is 0 Å². The number of nitrogens with one attached hydrogen (secondary N) is 1. The summed E-state index contributed by atoms with van der Waals surface area (Å²) in [5.41, 5.74) is 0.0924. The molecule has 0 amide bonds. The van der Waals surface area contributed by atoms with Crippen molar-refractivity contribution in [2.75, 3.05) is 11.9 Å². The van der Waals surface area contributed by atoms with Gasteiger partial charge in [-0.3, -0.25) is 0 Å². The Kier molecular flexibility index (Phi) is 3.29. The molecule has 14 heavy (non-hydrogen) atoms. The van der Waals surface area contributed by atoms with Gasteiger partial charge in [0.25, 0.3) is 0 Å². The molecule has 0 saturated heterocycles. The molecule has 1 rings (SSSR count). The number of aliphatic hydroxyl groups is 1. The predicted octanol–water partition coefficient (Wildman–Crippen LogP) is 1.62. The number of hydrogen-bond acceptors (Lipinski definition) is 4. The van der Waals surface area contributed by atoms with Gasteiger partial charge in [-0.05, 0) is 32.4 Å². The van der Waals surface area contributed by atoms with Crippen LogP contribution in [0.3, 0.4) is 0 Å². The standard InChI is InChI=1S/C9H14ClN3O/c1-6-4-7(12-13-8(6)10)11-5-9(2,3)14/h4,14H,5H2,1-3H3,(H,11,12). The minimum absolute atomic E-state index is 0.402. The molecule has 0 atom stereocenters. The van der Waals surface area contributed by atoms with Crippen LogP contribution in [0, 0.1) is 6.92 Å². The van der Waals surface area contributed by atoms with Crippen molar-refractivity contribution in [3.05, 3.63) is 16.8 Å². The second kappa shape index (κ2) is 4.11. The van der Waals surface area contributed by atoms with E-state index in [1.165, 1.54) is 0 Å². The molecule has 0 bridgehead atoms. The van der Waals surface area contributed by atoms with Crippen LogP contribution in [-0.2, 0) is 0 Å². The van der Waals surface area contributed by atoms with Gasteiger partial charge in [0.05, 0.1) is 5.60 Å². The number of aryl methyl sites for hydroxylation is 1. The number of nitrogens with zero attached hydrogens (tertiary/aromatic N) is 2. The van der Waals surface area contributed by atoms with Crippen LogP contribution >= 0.6 is 11.6 Å². The molecule has 78 valence electrons. The van der Waals surface area contributed by atoms with Gasteiger partial charge in [-0.1, -0.05) is 11.6 Å². The average Bonchev–Trinajstić information content (AvgIpc) is 2.06. The summed E-state index contributed by atoms with van der Waals surface area (Å²) in [7, 11) is 0. The van der Waals surface area contributed by atoms with E-state index in [1.54, 1.807) is 19.9 Å². The summed E-state index contributed by atoms with van der Waals surface area (Å²) >= 11 is 5.72. The first-order valence-corrected chi connectivity index (χ1v) is 4.72. The molecule has 0 aliphatic rings. The molecule has 0 spiro atoms. The van der Waals surface area contributed by atoms with Crippen LogP contribution in [0.15, 0.2) is 6.07 Å². The number of rotatable bonds is 3. The number of halogens is 1. The van der Waals surface area contributed by atoms with Crippen molar-refractivity contribution < 1.29 is 5.11 Å². The molecule has 5 heteroatoms. The Morgan fingerprint density at radius 2 is 2.14 bits per heavy atom. The van der Waals surface area contributed by atoms with Crippen LogP contribution in [0.25, 0.3) is 0 Å². The van der Waals surface area contributed by atoms with Crippen molar-refractivity contribution in [1.82, 2.24) is 10.2 Å². The monoisotopic (exact) mass is 215 g/mol. The van der Waals surface area contributed by atoms with Gasteiger partial charge in [0.2, 0.25) is 0 Å². The van der Waals surface area contributed by atoms with Crippen LogP contribution in [0.4, 0.5) is 5.82 Å². The first kappa shape index (κ1) is 11.2. The van der Waals surface area contributed by atoms with Crippen molar-refractivity contribution >= 4 is 17.4 Å². The van der Waals surface area contributed by atoms with Crippen LogP contribution in [0.1, 0.15) is 19.4 Å². The van der Waals surface area contributed by atoms with Crippen LogP contribution in [0.2, 0.25) is 5.15 Å². The summed E-state index contributed by atoms with van der Waals surface area (Å²) in [5, 5.41) is 20.4. The van der Waals surface area contributed by atoms with Crippen molar-refractivity contribution in [3.8, 4) is 0 Å². The summed E-state index contributed by atoms with van der Waals surface area (Å²) < 4.78 is 0. The molecule has 0 fully saturated rings. The maximum Gasteiger partial charge on any atom is 0.154 e. The maximum absolute atomic E-state index is 9.47. The fourth-order valence-electron chi connectivity index (χ4n) is 0.863. The fraction of sp³-hybridized carbons (Fsp3) is 0.556. The number of hydrogen-bond donors (Lipinski definition) is 2. The molecule has 0 aliphatic heterocycles. The molecule has 1 aromatic heterocycles. The summed E-state index contributed by atoms with van der Waals surface area (Å²) in [4.78, 5) is 0. The van der Waals surface area contributed by atoms with E-state index in [0.29, 0.717) is 17.5 Å². The van der Waals surface area contributed by atoms with E-state index < -0.39 is 5.60 Å². The van der Waals surface area contributed by atoms with E-state index in [2.05, 4.69) is 15.5 Å². The quantitative estimate of drug-likeness (QED) is 0.805. The highest BCUT2D eigenvalue weighted by atomic mass is 35.5. The third kappa shape index (κ3) is 3.47. The van der Waals surface area contributed by atoms with Gasteiger partial charge in [-0.15, -0.1) is 10.2 Å². The van der Waals surface area contributed by atoms with E-state index in [9.17, 15) is 5.11 Å². The molecular weight excluding hydrogens is 202 g/mol. The average molecular weight is 216 g/mol. The second-order valence-electron chi connectivity index (χ2n) is 3.87. The Bertz CT molecular complexity index is 322. The molecule has 0 saturated carbocycles. The van der Waals surface area contributed by atoms with Crippen LogP contribution in [0.5, 0.6) is 0 Å². The lowest BCUT2D eigenvalue weighted by Gasteiger charge is -2.17. The van der Waals surface area contributed by atoms with E-state index in [-0.39, 0.29) is 0 Å². The molecule has 1 aromatic rings. The zero-order valence-corrected chi connectivity index (χ0v) is 9.26. The van der Waals surface area contributed by atoms with Crippen molar-refractivity contribution in [2.24, 2.45) is 0 Å². The van der Waals surface area contributed by atoms with E-state index in [0.717, 1.165) is 5.56 Å². The van der Waals surface area contributed by atoms with Crippen molar-refractivity contribution in [1.29, 1.82) is 0 Å². The fourth-order valence-corrected chi connectivity index (χ4v) is 0.956. The van der Waals surface area contributed by atoms with Gasteiger partial charge in [-0.2, -0.15) is 0 Å². The zero-order valence-electron chi connectivity index (χ0n) is 8.50. The molecule has 4 nitrogen and oxygen atoms in total. The van der Waals surface area contributed by atoms with Gasteiger partial charge in [0.15, 0.2) is 5.15 Å². The highest BCUT2D eigenvalue weighted by molar-refractivity contribution is 6.30. The molecular formula is C9H14ClN3O. The number of aromatic nitrogens is 2. The predicted molar refractivity (Wildman–Crippen MR) is 56.6 cm³/mol. The maximum atomic E-state index is 9.47. The minimum Gasteiger partial charge on any atom is -0.389 e. The molecule has 0 unspecified atom stereocenters. The minimum atomic E-state index is -0.769. The van der Waals surface area contributed by atoms with Crippen molar-refractivity contribution in [3.63, 3.8) is 0 Å². The second-order valence-corrected chi connectivity index (χ2v) is 4.23. The van der Waals surface area contributed by atoms with E-state index in [1.807, 2.05) is 6.92 Å². The molecule has 0 aliphatic carbocycles. The topological polar surface area (TPSA) is 58.0 Å². The zero-order chi connectivity index (χ0) is 10.8. The summed E-state index contributed by atoms with van der Waals surface area (Å²) in [6.07, 6.45) is 0. The normalized spacial score (nSPS) is 11.5. The third-order valence-corrected chi connectivity index (χ3v) is 2.00. The largest absolute Gasteiger partial charge is 0.389 e. The summed E-state index contributed by atoms with van der Waals surface area (Å²) in [6.45, 7) is 5.71. The van der Waals surface area contributed by atoms with E-state index >= 15 is 0 Å². The summed E-state index contributed by atoms with van der Waals surface area (Å²) in [5.74, 6) is 0.619. The molecule has 0 radical (unpaired) electrons. The SMILES string of the molecule is Cc1cc(NCC(C)(C)O)nnc1Cl. The van der Waals surface area contributed by atoms with Crippen LogP contribution in [-0.4, -0.2) is 27.4 Å². The molecule has 0 aromatic carbocycles. The molecule has 2 N–H and O–H groups in total. The van der Waals surface area contributed by atoms with E-state index in [4.69, 9.17) is 11.6 Å². The Hall–Kier alpha value is -0.870. The van der Waals surface area contributed by atoms with Crippen LogP contribution < -0.4 is 5.32 Å². The first-order chi connectivity index (χ1) is 6.38. The molecule has 1 heterocycles. The van der Waals surface area contributed by atoms with Gasteiger partial charge in [0, 0.05) is 6.54 Å². The van der Waals surface area contributed by atoms with Gasteiger partial charge in [0.1, 0.15) is 5.82 Å². The number of anilines is 1. The Balaban J connectivity index is 2.65. The summed E-state index contributed by atoms with van der Waals surface area (Å²) in [6, 6.07) is 1.79. The smallest absolute Gasteiger partial charge is 0.154 e. The lowest BCUT2D eigenvalue weighted by molar-refractivity contribution is 0.0944. The lowest BCUT2D eigenvalue weighted by atomic mass is 10.1. The van der Waals surface area contributed by atoms with Gasteiger partial charge in [-0.25, -0.2) is 0 Å². The third-order valence-electron chi connectivity index (χ3n) is 1.63. The Morgan fingerprint density at radius 3 is 2.64 bits per heavy atom. The Labute approximate surface area is 88.3 Å². The first-order valence-electron chi connectivity index (χ1n) is 4.34. The highest BCUT2D eigenvalue weighted by Gasteiger charge is 2.12. The highest BCUT2D eigenvalue weighted by Crippen LogP contribution is 2.14. The Morgan fingerprint density at radius 1 is 1.50 bits per heavy atom. The lowest BCUT2D eigenvalue weighted by Crippen LogP contribution is -2.29. The van der Waals surface area contributed by atoms with Gasteiger partial charge < -0.3 is 10.4 Å².